The molecule has 1 aromatic carbocycles. The van der Waals surface area contributed by atoms with Gasteiger partial charge in [-0.2, -0.15) is 0 Å². The van der Waals surface area contributed by atoms with Gasteiger partial charge in [-0.15, -0.1) is 0 Å². The summed E-state index contributed by atoms with van der Waals surface area (Å²) in [5.74, 6) is 0.267. The van der Waals surface area contributed by atoms with Crippen LogP contribution in [0, 0.1) is 12.8 Å². The summed E-state index contributed by atoms with van der Waals surface area (Å²) in [5.41, 5.74) is 4.61. The Labute approximate surface area is 150 Å². The van der Waals surface area contributed by atoms with Crippen molar-refractivity contribution < 1.29 is 9.59 Å². The van der Waals surface area contributed by atoms with Crippen LogP contribution in [-0.4, -0.2) is 17.3 Å². The average Bonchev–Trinajstić information content (AvgIpc) is 2.60. The third-order valence-electron chi connectivity index (χ3n) is 4.50. The van der Waals surface area contributed by atoms with Gasteiger partial charge < -0.3 is 0 Å². The van der Waals surface area contributed by atoms with Crippen molar-refractivity contribution in [3.05, 3.63) is 53.6 Å². The maximum atomic E-state index is 12.3. The van der Waals surface area contributed by atoms with Crippen molar-refractivity contribution in [3.63, 3.8) is 0 Å². The van der Waals surface area contributed by atoms with E-state index in [1.165, 1.54) is 0 Å². The molecule has 0 bridgehead atoms. The van der Waals surface area contributed by atoms with Crippen molar-refractivity contribution in [3.8, 4) is 0 Å². The minimum absolute atomic E-state index is 0.102. The first-order valence-electron chi connectivity index (χ1n) is 8.93. The van der Waals surface area contributed by atoms with Gasteiger partial charge in [0.25, 0.3) is 0 Å². The number of aliphatic imine (C=N–C) groups is 1. The number of ketones is 2. The first kappa shape index (κ1) is 19.0. The van der Waals surface area contributed by atoms with Crippen LogP contribution in [-0.2, 0) is 9.59 Å². The molecule has 0 fully saturated rings. The van der Waals surface area contributed by atoms with E-state index in [2.05, 4.69) is 33.4 Å². The SMILES string of the molecule is C=C1CC(=O)CCC/C(C/C(=N/c2ccccc2C)C(C)C)=C/C1=O. The summed E-state index contributed by atoms with van der Waals surface area (Å²) in [6.45, 7) is 10.1. The first-order valence-corrected chi connectivity index (χ1v) is 8.93. The third kappa shape index (κ3) is 5.63. The van der Waals surface area contributed by atoms with Gasteiger partial charge in [-0.25, -0.2) is 0 Å². The number of rotatable bonds is 4. The number of hydrogen-bond donors (Lipinski definition) is 0. The quantitative estimate of drug-likeness (QED) is 0.552. The van der Waals surface area contributed by atoms with E-state index in [9.17, 15) is 9.59 Å². The van der Waals surface area contributed by atoms with E-state index in [1.807, 2.05) is 18.2 Å². The first-order chi connectivity index (χ1) is 11.9. The predicted octanol–water partition coefficient (Wildman–Crippen LogP) is 5.31. The van der Waals surface area contributed by atoms with Crippen molar-refractivity contribution in [1.29, 1.82) is 0 Å². The highest BCUT2D eigenvalue weighted by atomic mass is 16.1. The Morgan fingerprint density at radius 1 is 1.20 bits per heavy atom. The van der Waals surface area contributed by atoms with Crippen molar-refractivity contribution >= 4 is 23.0 Å². The smallest absolute Gasteiger partial charge is 0.181 e. The van der Waals surface area contributed by atoms with Crippen molar-refractivity contribution in [2.24, 2.45) is 10.9 Å². The average molecular weight is 337 g/mol. The van der Waals surface area contributed by atoms with Crippen molar-refractivity contribution in [1.82, 2.24) is 0 Å². The van der Waals surface area contributed by atoms with Crippen LogP contribution in [0.25, 0.3) is 0 Å². The number of para-hydroxylation sites is 1. The molecule has 0 heterocycles. The fraction of sp³-hybridized carbons (Fsp3) is 0.409. The van der Waals surface area contributed by atoms with Crippen LogP contribution < -0.4 is 0 Å². The van der Waals surface area contributed by atoms with Crippen molar-refractivity contribution in [2.75, 3.05) is 0 Å². The number of aryl methyl sites for hydroxylation is 1. The third-order valence-corrected chi connectivity index (χ3v) is 4.50. The van der Waals surface area contributed by atoms with E-state index in [-0.39, 0.29) is 23.9 Å². The lowest BCUT2D eigenvalue weighted by Gasteiger charge is -2.14. The predicted molar refractivity (Wildman–Crippen MR) is 103 cm³/mol. The molecule has 3 heteroatoms. The molecule has 0 spiro atoms. The fourth-order valence-electron chi connectivity index (χ4n) is 2.87. The highest BCUT2D eigenvalue weighted by Gasteiger charge is 2.16. The lowest BCUT2D eigenvalue weighted by molar-refractivity contribution is -0.120. The second-order valence-corrected chi connectivity index (χ2v) is 7.06. The van der Waals surface area contributed by atoms with E-state index in [4.69, 9.17) is 4.99 Å². The van der Waals surface area contributed by atoms with Gasteiger partial charge in [0.2, 0.25) is 0 Å². The number of nitrogens with zero attached hydrogens (tertiary/aromatic N) is 1. The number of hydrogen-bond acceptors (Lipinski definition) is 3. The maximum Gasteiger partial charge on any atom is 0.181 e. The Kier molecular flexibility index (Phi) is 6.63. The van der Waals surface area contributed by atoms with E-state index < -0.39 is 0 Å². The molecule has 132 valence electrons. The van der Waals surface area contributed by atoms with Gasteiger partial charge >= 0.3 is 0 Å². The Balaban J connectivity index is 2.28. The molecule has 1 aliphatic carbocycles. The summed E-state index contributed by atoms with van der Waals surface area (Å²) in [6.07, 6.45) is 4.56. The maximum absolute atomic E-state index is 12.3. The largest absolute Gasteiger partial charge is 0.299 e. The van der Waals surface area contributed by atoms with Crippen LogP contribution >= 0.6 is 0 Å². The molecular weight excluding hydrogens is 310 g/mol. The summed E-state index contributed by atoms with van der Waals surface area (Å²) in [6, 6.07) is 8.06. The van der Waals surface area contributed by atoms with Gasteiger partial charge in [-0.3, -0.25) is 14.6 Å². The Hall–Kier alpha value is -2.29. The van der Waals surface area contributed by atoms with E-state index >= 15 is 0 Å². The van der Waals surface area contributed by atoms with Crippen LogP contribution in [0.5, 0.6) is 0 Å². The normalized spacial score (nSPS) is 19.3. The molecule has 0 amide bonds. The monoisotopic (exact) mass is 337 g/mol. The standard InChI is InChI=1S/C22H27NO2/c1-15(2)21(23-20-11-6-5-8-16(20)3)13-18-9-7-10-19(24)12-17(4)22(25)14-18/h5-6,8,11,14-15H,4,7,9-10,12-13H2,1-3H3/b18-14-,23-21-. The number of carbonyl (C=O) groups is 2. The summed E-state index contributed by atoms with van der Waals surface area (Å²) >= 11 is 0. The molecule has 0 aliphatic heterocycles. The molecule has 0 unspecified atom stereocenters. The molecule has 1 aromatic rings. The minimum Gasteiger partial charge on any atom is -0.299 e. The molecule has 3 nitrogen and oxygen atoms in total. The number of carbonyl (C=O) groups excluding carboxylic acids is 2. The number of benzene rings is 1. The highest BCUT2D eigenvalue weighted by Crippen LogP contribution is 2.24. The highest BCUT2D eigenvalue weighted by molar-refractivity contribution is 6.07. The lowest BCUT2D eigenvalue weighted by atomic mass is 9.95. The van der Waals surface area contributed by atoms with E-state index in [0.29, 0.717) is 18.4 Å². The second-order valence-electron chi connectivity index (χ2n) is 7.06. The molecule has 1 aliphatic rings. The van der Waals surface area contributed by atoms with Gasteiger partial charge in [0.15, 0.2) is 5.78 Å². The zero-order valence-corrected chi connectivity index (χ0v) is 15.5. The van der Waals surface area contributed by atoms with E-state index in [0.717, 1.165) is 35.4 Å². The van der Waals surface area contributed by atoms with Gasteiger partial charge in [0.1, 0.15) is 5.78 Å². The van der Waals surface area contributed by atoms with Gasteiger partial charge in [0, 0.05) is 25.0 Å². The lowest BCUT2D eigenvalue weighted by Crippen LogP contribution is -2.10. The molecule has 0 N–H and O–H groups in total. The van der Waals surface area contributed by atoms with Crippen LogP contribution in [0.3, 0.4) is 0 Å². The molecule has 0 radical (unpaired) electrons. The Morgan fingerprint density at radius 2 is 1.92 bits per heavy atom. The molecule has 0 atom stereocenters. The summed E-state index contributed by atoms with van der Waals surface area (Å²) in [7, 11) is 0. The number of allylic oxidation sites excluding steroid dienone is 3. The Morgan fingerprint density at radius 3 is 2.60 bits per heavy atom. The number of Topliss-reactive ketones (excluding diaryl/α,β-unsaturated/α-hetero) is 1. The summed E-state index contributed by atoms with van der Waals surface area (Å²) in [4.78, 5) is 28.9. The molecule has 0 aromatic heterocycles. The minimum atomic E-state index is -0.121. The molecule has 0 saturated heterocycles. The van der Waals surface area contributed by atoms with Crippen LogP contribution in [0.15, 0.2) is 53.1 Å². The fourth-order valence-corrected chi connectivity index (χ4v) is 2.87. The van der Waals surface area contributed by atoms with Crippen LogP contribution in [0.4, 0.5) is 5.69 Å². The van der Waals surface area contributed by atoms with Gasteiger partial charge in [0.05, 0.1) is 5.69 Å². The van der Waals surface area contributed by atoms with Gasteiger partial charge in [-0.05, 0) is 49.0 Å². The summed E-state index contributed by atoms with van der Waals surface area (Å²) in [5, 5.41) is 0. The second kappa shape index (κ2) is 8.70. The van der Waals surface area contributed by atoms with Crippen LogP contribution in [0.1, 0.15) is 51.5 Å². The zero-order chi connectivity index (χ0) is 18.4. The molecular formula is C22H27NO2. The molecule has 0 saturated carbocycles. The van der Waals surface area contributed by atoms with Gasteiger partial charge in [-0.1, -0.05) is 44.2 Å². The molecule has 25 heavy (non-hydrogen) atoms. The van der Waals surface area contributed by atoms with E-state index in [1.54, 1.807) is 6.08 Å². The van der Waals surface area contributed by atoms with Crippen LogP contribution in [0.2, 0.25) is 0 Å². The molecule has 2 rings (SSSR count). The zero-order valence-electron chi connectivity index (χ0n) is 15.5. The topological polar surface area (TPSA) is 46.5 Å². The summed E-state index contributed by atoms with van der Waals surface area (Å²) < 4.78 is 0. The van der Waals surface area contributed by atoms with Crippen molar-refractivity contribution in [2.45, 2.75) is 52.9 Å². The Bertz CT molecular complexity index is 738.